The maximum atomic E-state index is 10.7. The Labute approximate surface area is 171 Å². The highest BCUT2D eigenvalue weighted by Gasteiger charge is 2.24. The SMILES string of the molecule is C[C@@H](COC1CCC(n2cc3ccc(OCCC4CC4)cc3n2)CC1)NC(=O)O. The number of amides is 1. The van der Waals surface area contributed by atoms with Crippen molar-refractivity contribution in [2.75, 3.05) is 13.2 Å². The van der Waals surface area contributed by atoms with E-state index in [1.165, 1.54) is 12.8 Å². The fourth-order valence-corrected chi connectivity index (χ4v) is 4.05. The molecule has 1 heterocycles. The van der Waals surface area contributed by atoms with Gasteiger partial charge in [0.1, 0.15) is 5.75 Å². The molecule has 1 amide bonds. The molecule has 1 aromatic heterocycles. The summed E-state index contributed by atoms with van der Waals surface area (Å²) in [5, 5.41) is 17.1. The number of nitrogens with zero attached hydrogens (tertiary/aromatic N) is 2. The Hall–Kier alpha value is -2.28. The number of benzene rings is 1. The Morgan fingerprint density at radius 2 is 2.07 bits per heavy atom. The quantitative estimate of drug-likeness (QED) is 0.652. The number of carboxylic acid groups (broad SMARTS) is 1. The van der Waals surface area contributed by atoms with Gasteiger partial charge < -0.3 is 19.9 Å². The Kier molecular flexibility index (Phi) is 6.23. The minimum Gasteiger partial charge on any atom is -0.494 e. The van der Waals surface area contributed by atoms with E-state index in [9.17, 15) is 4.79 Å². The van der Waals surface area contributed by atoms with Gasteiger partial charge in [0.25, 0.3) is 0 Å². The summed E-state index contributed by atoms with van der Waals surface area (Å²) in [5.41, 5.74) is 0.987. The van der Waals surface area contributed by atoms with Crippen LogP contribution in [0.1, 0.15) is 57.9 Å². The smallest absolute Gasteiger partial charge is 0.404 e. The van der Waals surface area contributed by atoms with Crippen LogP contribution in [0.4, 0.5) is 4.79 Å². The standard InChI is InChI=1S/C22H31N3O4/c1-15(23-22(26)27)14-29-19-8-5-18(6-9-19)25-13-17-4-7-20(12-21(17)24-25)28-11-10-16-2-3-16/h4,7,12-13,15-16,18-19,23H,2-3,5-6,8-11,14H2,1H3,(H,26,27)/t15-,18?,19?/m0/s1. The molecule has 0 saturated heterocycles. The highest BCUT2D eigenvalue weighted by molar-refractivity contribution is 5.79. The molecule has 0 unspecified atom stereocenters. The van der Waals surface area contributed by atoms with Crippen LogP contribution < -0.4 is 10.1 Å². The lowest BCUT2D eigenvalue weighted by Gasteiger charge is -2.29. The average molecular weight is 402 g/mol. The second-order valence-electron chi connectivity index (χ2n) is 8.52. The van der Waals surface area contributed by atoms with Crippen LogP contribution in [0, 0.1) is 5.92 Å². The van der Waals surface area contributed by atoms with Crippen molar-refractivity contribution in [2.24, 2.45) is 5.92 Å². The van der Waals surface area contributed by atoms with Crippen molar-refractivity contribution >= 4 is 17.0 Å². The summed E-state index contributed by atoms with van der Waals surface area (Å²) in [6.45, 7) is 3.03. The van der Waals surface area contributed by atoms with Gasteiger partial charge in [0, 0.05) is 17.6 Å². The first-order valence-corrected chi connectivity index (χ1v) is 10.8. The topological polar surface area (TPSA) is 85.6 Å². The van der Waals surface area contributed by atoms with Gasteiger partial charge in [-0.05, 0) is 57.1 Å². The first kappa shape index (κ1) is 20.0. The first-order chi connectivity index (χ1) is 14.1. The zero-order valence-electron chi connectivity index (χ0n) is 17.0. The van der Waals surface area contributed by atoms with E-state index in [0.717, 1.165) is 61.3 Å². The van der Waals surface area contributed by atoms with E-state index in [0.29, 0.717) is 12.6 Å². The van der Waals surface area contributed by atoms with Gasteiger partial charge in [-0.25, -0.2) is 4.79 Å². The molecule has 4 rings (SSSR count). The van der Waals surface area contributed by atoms with Crippen LogP contribution in [0.3, 0.4) is 0 Å². The first-order valence-electron chi connectivity index (χ1n) is 10.8. The lowest BCUT2D eigenvalue weighted by molar-refractivity contribution is 0.00956. The molecule has 1 atom stereocenters. The second-order valence-corrected chi connectivity index (χ2v) is 8.52. The maximum Gasteiger partial charge on any atom is 0.404 e. The lowest BCUT2D eigenvalue weighted by atomic mass is 9.93. The van der Waals surface area contributed by atoms with Crippen LogP contribution in [0.2, 0.25) is 0 Å². The number of aromatic nitrogens is 2. The zero-order chi connectivity index (χ0) is 20.2. The molecule has 158 valence electrons. The third-order valence-corrected chi connectivity index (χ3v) is 5.96. The second kappa shape index (κ2) is 9.03. The molecule has 2 aromatic rings. The van der Waals surface area contributed by atoms with E-state index in [1.54, 1.807) is 0 Å². The Bertz CT molecular complexity index is 825. The van der Waals surface area contributed by atoms with E-state index < -0.39 is 6.09 Å². The molecule has 7 nitrogen and oxygen atoms in total. The van der Waals surface area contributed by atoms with Gasteiger partial charge in [-0.1, -0.05) is 12.8 Å². The minimum atomic E-state index is -1.01. The molecular weight excluding hydrogens is 370 g/mol. The van der Waals surface area contributed by atoms with Gasteiger partial charge in [-0.3, -0.25) is 4.68 Å². The predicted molar refractivity (Wildman–Crippen MR) is 110 cm³/mol. The van der Waals surface area contributed by atoms with Gasteiger partial charge >= 0.3 is 6.09 Å². The molecule has 29 heavy (non-hydrogen) atoms. The minimum absolute atomic E-state index is 0.192. The summed E-state index contributed by atoms with van der Waals surface area (Å²) in [6.07, 6.45) is 9.17. The van der Waals surface area contributed by atoms with Crippen molar-refractivity contribution in [3.8, 4) is 5.75 Å². The largest absolute Gasteiger partial charge is 0.494 e. The number of carbonyl (C=O) groups is 1. The molecule has 2 N–H and O–H groups in total. The van der Waals surface area contributed by atoms with Crippen LogP contribution in [-0.2, 0) is 4.74 Å². The van der Waals surface area contributed by atoms with Crippen molar-refractivity contribution < 1.29 is 19.4 Å². The Morgan fingerprint density at radius 1 is 1.28 bits per heavy atom. The van der Waals surface area contributed by atoms with E-state index in [-0.39, 0.29) is 12.1 Å². The van der Waals surface area contributed by atoms with Gasteiger partial charge in [-0.15, -0.1) is 0 Å². The number of rotatable bonds is 9. The molecule has 2 saturated carbocycles. The number of hydrogen-bond donors (Lipinski definition) is 2. The molecule has 2 fully saturated rings. The molecule has 0 bridgehead atoms. The van der Waals surface area contributed by atoms with Crippen molar-refractivity contribution in [3.05, 3.63) is 24.4 Å². The van der Waals surface area contributed by atoms with E-state index in [4.69, 9.17) is 19.7 Å². The van der Waals surface area contributed by atoms with Crippen LogP contribution in [0.15, 0.2) is 24.4 Å². The summed E-state index contributed by atoms with van der Waals surface area (Å²) in [6, 6.07) is 6.37. The summed E-state index contributed by atoms with van der Waals surface area (Å²) in [7, 11) is 0. The van der Waals surface area contributed by atoms with E-state index >= 15 is 0 Å². The highest BCUT2D eigenvalue weighted by atomic mass is 16.5. The summed E-state index contributed by atoms with van der Waals surface area (Å²) in [5.74, 6) is 1.79. The normalized spacial score (nSPS) is 23.1. The van der Waals surface area contributed by atoms with Crippen molar-refractivity contribution in [3.63, 3.8) is 0 Å². The van der Waals surface area contributed by atoms with Gasteiger partial charge in [0.05, 0.1) is 36.9 Å². The van der Waals surface area contributed by atoms with E-state index in [1.807, 2.05) is 19.1 Å². The Balaban J connectivity index is 1.27. The zero-order valence-corrected chi connectivity index (χ0v) is 17.0. The van der Waals surface area contributed by atoms with Gasteiger partial charge in [0.2, 0.25) is 0 Å². The van der Waals surface area contributed by atoms with Gasteiger partial charge in [0.15, 0.2) is 0 Å². The third-order valence-electron chi connectivity index (χ3n) is 5.96. The molecular formula is C22H31N3O4. The fourth-order valence-electron chi connectivity index (χ4n) is 4.05. The van der Waals surface area contributed by atoms with Gasteiger partial charge in [-0.2, -0.15) is 5.10 Å². The van der Waals surface area contributed by atoms with Crippen LogP contribution >= 0.6 is 0 Å². The average Bonchev–Trinajstić information content (AvgIpc) is 3.42. The maximum absolute atomic E-state index is 10.7. The number of fused-ring (bicyclic) bond motifs is 1. The molecule has 0 aliphatic heterocycles. The summed E-state index contributed by atoms with van der Waals surface area (Å²) in [4.78, 5) is 10.7. The highest BCUT2D eigenvalue weighted by Crippen LogP contribution is 2.33. The molecule has 2 aliphatic rings. The molecule has 0 spiro atoms. The van der Waals surface area contributed by atoms with Crippen molar-refractivity contribution in [1.29, 1.82) is 0 Å². The number of hydrogen-bond acceptors (Lipinski definition) is 4. The number of nitrogens with one attached hydrogen (secondary N) is 1. The van der Waals surface area contributed by atoms with Crippen molar-refractivity contribution in [2.45, 2.75) is 70.1 Å². The summed E-state index contributed by atoms with van der Waals surface area (Å²) < 4.78 is 13.9. The van der Waals surface area contributed by atoms with Crippen LogP contribution in [0.5, 0.6) is 5.75 Å². The molecule has 2 aliphatic carbocycles. The van der Waals surface area contributed by atoms with Crippen LogP contribution in [-0.4, -0.2) is 46.3 Å². The predicted octanol–water partition coefficient (Wildman–Crippen LogP) is 4.37. The Morgan fingerprint density at radius 3 is 2.79 bits per heavy atom. The molecule has 1 aromatic carbocycles. The van der Waals surface area contributed by atoms with Crippen LogP contribution in [0.25, 0.3) is 10.9 Å². The monoisotopic (exact) mass is 401 g/mol. The fraction of sp³-hybridized carbons (Fsp3) is 0.636. The lowest BCUT2D eigenvalue weighted by Crippen LogP contribution is -2.36. The van der Waals surface area contributed by atoms with Crippen molar-refractivity contribution in [1.82, 2.24) is 15.1 Å². The summed E-state index contributed by atoms with van der Waals surface area (Å²) >= 11 is 0. The number of ether oxygens (including phenoxy) is 2. The van der Waals surface area contributed by atoms with E-state index in [2.05, 4.69) is 22.3 Å². The molecule has 0 radical (unpaired) electrons. The third kappa shape index (κ3) is 5.63. The molecule has 7 heteroatoms.